The lowest BCUT2D eigenvalue weighted by Crippen LogP contribution is -2.53. The molecule has 3 saturated carbocycles. The van der Waals surface area contributed by atoms with Crippen molar-refractivity contribution in [3.63, 3.8) is 0 Å². The van der Waals surface area contributed by atoms with Gasteiger partial charge in [-0.15, -0.1) is 0 Å². The first-order chi connectivity index (χ1) is 8.27. The molecule has 0 aromatic rings. The molecule has 0 radical (unpaired) electrons. The Balaban J connectivity index is 1.66. The molecule has 0 heterocycles. The van der Waals surface area contributed by atoms with Crippen molar-refractivity contribution in [2.24, 2.45) is 11.8 Å². The number of hydrogen-bond acceptors (Lipinski definition) is 3. The zero-order chi connectivity index (χ0) is 11.9. The molecular weight excluding hydrogens is 210 g/mol. The van der Waals surface area contributed by atoms with Gasteiger partial charge in [0, 0.05) is 19.1 Å². The quantitative estimate of drug-likeness (QED) is 0.728. The topological polar surface area (TPSA) is 39.1 Å². The van der Waals surface area contributed by atoms with Crippen LogP contribution >= 0.6 is 0 Å². The second kappa shape index (κ2) is 4.26. The van der Waals surface area contributed by atoms with Crippen LogP contribution in [0.2, 0.25) is 0 Å². The highest BCUT2D eigenvalue weighted by Crippen LogP contribution is 2.42. The van der Waals surface area contributed by atoms with Gasteiger partial charge in [0.15, 0.2) is 0 Å². The molecule has 3 nitrogen and oxygen atoms in total. The van der Waals surface area contributed by atoms with Crippen molar-refractivity contribution in [3.8, 4) is 6.07 Å². The van der Waals surface area contributed by atoms with Crippen molar-refractivity contribution in [2.45, 2.75) is 50.1 Å². The lowest BCUT2D eigenvalue weighted by molar-refractivity contribution is 0.187. The van der Waals surface area contributed by atoms with E-state index in [1.165, 1.54) is 45.1 Å². The standard InChI is InChI=1S/C14H23N3/c1-16-14(9-15,12-4-5-12)10-17(13-6-7-13)8-11-2-3-11/h11-13,16H,2-8,10H2,1H3. The van der Waals surface area contributed by atoms with Crippen LogP contribution < -0.4 is 5.32 Å². The Labute approximate surface area is 104 Å². The van der Waals surface area contributed by atoms with Gasteiger partial charge in [-0.1, -0.05) is 0 Å². The van der Waals surface area contributed by atoms with Gasteiger partial charge < -0.3 is 5.32 Å². The Morgan fingerprint density at radius 2 is 1.94 bits per heavy atom. The van der Waals surface area contributed by atoms with E-state index >= 15 is 0 Å². The largest absolute Gasteiger partial charge is 0.301 e. The summed E-state index contributed by atoms with van der Waals surface area (Å²) in [5.74, 6) is 1.53. The van der Waals surface area contributed by atoms with Gasteiger partial charge in [-0.3, -0.25) is 4.90 Å². The fourth-order valence-electron chi connectivity index (χ4n) is 2.91. The summed E-state index contributed by atoms with van der Waals surface area (Å²) in [6.07, 6.45) is 7.98. The fraction of sp³-hybridized carbons (Fsp3) is 0.929. The van der Waals surface area contributed by atoms with Crippen molar-refractivity contribution in [3.05, 3.63) is 0 Å². The maximum Gasteiger partial charge on any atom is 0.122 e. The molecule has 0 amide bonds. The van der Waals surface area contributed by atoms with Gasteiger partial charge in [0.2, 0.25) is 0 Å². The first-order valence-electron chi connectivity index (χ1n) is 7.11. The van der Waals surface area contributed by atoms with Gasteiger partial charge in [0.1, 0.15) is 5.54 Å². The zero-order valence-electron chi connectivity index (χ0n) is 10.8. The predicted octanol–water partition coefficient (Wildman–Crippen LogP) is 1.75. The van der Waals surface area contributed by atoms with Crippen molar-refractivity contribution in [1.29, 1.82) is 5.26 Å². The third-order valence-corrected chi connectivity index (χ3v) is 4.63. The van der Waals surface area contributed by atoms with Crippen LogP contribution in [0.25, 0.3) is 0 Å². The number of rotatable bonds is 7. The average Bonchev–Trinajstić information content (AvgIpc) is 3.18. The molecule has 0 aliphatic heterocycles. The van der Waals surface area contributed by atoms with Crippen molar-refractivity contribution < 1.29 is 0 Å². The van der Waals surface area contributed by atoms with Gasteiger partial charge in [-0.25, -0.2) is 0 Å². The number of nitriles is 1. The van der Waals surface area contributed by atoms with Crippen LogP contribution in [-0.2, 0) is 0 Å². The number of hydrogen-bond donors (Lipinski definition) is 1. The molecule has 0 spiro atoms. The first kappa shape index (κ1) is 11.5. The van der Waals surface area contributed by atoms with Crippen molar-refractivity contribution in [1.82, 2.24) is 10.2 Å². The van der Waals surface area contributed by atoms with Gasteiger partial charge in [-0.05, 0) is 57.4 Å². The van der Waals surface area contributed by atoms with Crippen molar-refractivity contribution >= 4 is 0 Å². The highest BCUT2D eigenvalue weighted by atomic mass is 15.2. The van der Waals surface area contributed by atoms with E-state index in [2.05, 4.69) is 16.3 Å². The Morgan fingerprint density at radius 1 is 1.24 bits per heavy atom. The molecule has 94 valence electrons. The van der Waals surface area contributed by atoms with E-state index in [0.29, 0.717) is 5.92 Å². The molecule has 17 heavy (non-hydrogen) atoms. The molecule has 0 aromatic heterocycles. The van der Waals surface area contributed by atoms with E-state index in [0.717, 1.165) is 18.5 Å². The Kier molecular flexibility index (Phi) is 2.88. The molecule has 3 fully saturated rings. The fourth-order valence-corrected chi connectivity index (χ4v) is 2.91. The smallest absolute Gasteiger partial charge is 0.122 e. The highest BCUT2D eigenvalue weighted by molar-refractivity contribution is 5.17. The van der Waals surface area contributed by atoms with Gasteiger partial charge in [0.05, 0.1) is 6.07 Å². The summed E-state index contributed by atoms with van der Waals surface area (Å²) in [5.41, 5.74) is -0.266. The normalized spacial score (nSPS) is 27.8. The number of nitrogens with zero attached hydrogens (tertiary/aromatic N) is 2. The summed E-state index contributed by atoms with van der Waals surface area (Å²) < 4.78 is 0. The lowest BCUT2D eigenvalue weighted by Gasteiger charge is -2.33. The van der Waals surface area contributed by atoms with Gasteiger partial charge >= 0.3 is 0 Å². The Bertz CT molecular complexity index is 323. The van der Waals surface area contributed by atoms with E-state index in [-0.39, 0.29) is 5.54 Å². The molecule has 3 aliphatic carbocycles. The molecule has 0 aromatic carbocycles. The number of likely N-dealkylation sites (N-methyl/N-ethyl adjacent to an activating group) is 1. The highest BCUT2D eigenvalue weighted by Gasteiger charge is 2.48. The first-order valence-corrected chi connectivity index (χ1v) is 7.11. The van der Waals surface area contributed by atoms with Gasteiger partial charge in [0.25, 0.3) is 0 Å². The molecular formula is C14H23N3. The second-order valence-corrected chi connectivity index (χ2v) is 6.21. The molecule has 1 unspecified atom stereocenters. The van der Waals surface area contributed by atoms with Crippen LogP contribution in [0.5, 0.6) is 0 Å². The summed E-state index contributed by atoms with van der Waals surface area (Å²) in [6, 6.07) is 3.37. The predicted molar refractivity (Wildman–Crippen MR) is 67.4 cm³/mol. The summed E-state index contributed by atoms with van der Waals surface area (Å²) in [6.45, 7) is 2.19. The van der Waals surface area contributed by atoms with Crippen LogP contribution in [0.15, 0.2) is 0 Å². The maximum absolute atomic E-state index is 9.55. The minimum absolute atomic E-state index is 0.266. The maximum atomic E-state index is 9.55. The zero-order valence-corrected chi connectivity index (χ0v) is 10.8. The molecule has 3 heteroatoms. The molecule has 1 atom stereocenters. The third-order valence-electron chi connectivity index (χ3n) is 4.63. The molecule has 0 saturated heterocycles. The van der Waals surface area contributed by atoms with E-state index in [1.54, 1.807) is 0 Å². The third kappa shape index (κ3) is 2.48. The molecule has 3 aliphatic rings. The van der Waals surface area contributed by atoms with Crippen LogP contribution in [0.3, 0.4) is 0 Å². The summed E-state index contributed by atoms with van der Waals surface area (Å²) in [4.78, 5) is 2.61. The monoisotopic (exact) mass is 233 g/mol. The van der Waals surface area contributed by atoms with Crippen LogP contribution in [-0.4, -0.2) is 36.6 Å². The molecule has 1 N–H and O–H groups in total. The summed E-state index contributed by atoms with van der Waals surface area (Å²) >= 11 is 0. The summed E-state index contributed by atoms with van der Waals surface area (Å²) in [7, 11) is 1.96. The Morgan fingerprint density at radius 3 is 2.35 bits per heavy atom. The minimum atomic E-state index is -0.266. The van der Waals surface area contributed by atoms with Crippen LogP contribution in [0, 0.1) is 23.2 Å². The van der Waals surface area contributed by atoms with Crippen LogP contribution in [0.1, 0.15) is 38.5 Å². The Hall–Kier alpha value is -0.590. The average molecular weight is 233 g/mol. The minimum Gasteiger partial charge on any atom is -0.301 e. The van der Waals surface area contributed by atoms with E-state index < -0.39 is 0 Å². The summed E-state index contributed by atoms with van der Waals surface area (Å²) in [5, 5.41) is 12.9. The van der Waals surface area contributed by atoms with E-state index in [4.69, 9.17) is 0 Å². The van der Waals surface area contributed by atoms with E-state index in [9.17, 15) is 5.26 Å². The lowest BCUT2D eigenvalue weighted by atomic mass is 9.94. The number of nitrogens with one attached hydrogen (secondary N) is 1. The van der Waals surface area contributed by atoms with E-state index in [1.807, 2.05) is 7.05 Å². The molecule has 0 bridgehead atoms. The SMILES string of the molecule is CNC(C#N)(CN(CC1CC1)C1CC1)C1CC1. The van der Waals surface area contributed by atoms with Crippen molar-refractivity contribution in [2.75, 3.05) is 20.1 Å². The van der Waals surface area contributed by atoms with Gasteiger partial charge in [-0.2, -0.15) is 5.26 Å². The second-order valence-electron chi connectivity index (χ2n) is 6.21. The molecule has 3 rings (SSSR count). The van der Waals surface area contributed by atoms with Crippen LogP contribution in [0.4, 0.5) is 0 Å².